The van der Waals surface area contributed by atoms with E-state index in [1.54, 1.807) is 17.1 Å². The Morgan fingerprint density at radius 2 is 2.26 bits per heavy atom. The van der Waals surface area contributed by atoms with E-state index in [1.165, 1.54) is 0 Å². The van der Waals surface area contributed by atoms with Crippen molar-refractivity contribution in [2.24, 2.45) is 13.0 Å². The van der Waals surface area contributed by atoms with Crippen LogP contribution in [0.2, 0.25) is 0 Å². The van der Waals surface area contributed by atoms with E-state index in [0.29, 0.717) is 17.5 Å². The van der Waals surface area contributed by atoms with Crippen molar-refractivity contribution < 1.29 is 4.74 Å². The highest BCUT2D eigenvalue weighted by Gasteiger charge is 2.02. The molecule has 0 unspecified atom stereocenters. The summed E-state index contributed by atoms with van der Waals surface area (Å²) in [5.41, 5.74) is 1.16. The number of nitrogens with one attached hydrogen (secondary N) is 1. The second kappa shape index (κ2) is 6.33. The Kier molecular flexibility index (Phi) is 4.52. The van der Waals surface area contributed by atoms with Crippen molar-refractivity contribution in [3.63, 3.8) is 0 Å². The summed E-state index contributed by atoms with van der Waals surface area (Å²) in [6.07, 6.45) is 5.24. The molecule has 0 spiro atoms. The van der Waals surface area contributed by atoms with Gasteiger partial charge in [-0.05, 0) is 24.1 Å². The Morgan fingerprint density at radius 1 is 1.42 bits per heavy atom. The van der Waals surface area contributed by atoms with Gasteiger partial charge in [0.15, 0.2) is 5.75 Å². The molecule has 0 amide bonds. The zero-order valence-electron chi connectivity index (χ0n) is 11.6. The number of rotatable bonds is 6. The van der Waals surface area contributed by atoms with Crippen LogP contribution in [0.15, 0.2) is 30.7 Å². The molecular weight excluding hydrogens is 240 g/mol. The standard InChI is InChI=1S/C14H20N4O/c1-11(2)7-15-8-12-4-5-16-14(6-12)19-13-9-17-18(3)10-13/h4-6,9-11,15H,7-8H2,1-3H3. The fourth-order valence-electron chi connectivity index (χ4n) is 1.69. The zero-order chi connectivity index (χ0) is 13.7. The van der Waals surface area contributed by atoms with Crippen LogP contribution in [-0.4, -0.2) is 21.3 Å². The number of nitrogens with zero attached hydrogens (tertiary/aromatic N) is 3. The minimum absolute atomic E-state index is 0.594. The topological polar surface area (TPSA) is 52.0 Å². The molecule has 5 nitrogen and oxygen atoms in total. The summed E-state index contributed by atoms with van der Waals surface area (Å²) in [7, 11) is 1.85. The third-order valence-electron chi connectivity index (χ3n) is 2.58. The highest BCUT2D eigenvalue weighted by Crippen LogP contribution is 2.18. The molecule has 0 saturated heterocycles. The van der Waals surface area contributed by atoms with Crippen molar-refractivity contribution in [3.05, 3.63) is 36.3 Å². The molecule has 0 aliphatic carbocycles. The number of hydrogen-bond acceptors (Lipinski definition) is 4. The van der Waals surface area contributed by atoms with Gasteiger partial charge in [-0.1, -0.05) is 13.8 Å². The van der Waals surface area contributed by atoms with Gasteiger partial charge in [-0.25, -0.2) is 4.98 Å². The number of pyridine rings is 1. The molecule has 0 aliphatic heterocycles. The van der Waals surface area contributed by atoms with E-state index in [2.05, 4.69) is 29.2 Å². The Labute approximate surface area is 113 Å². The van der Waals surface area contributed by atoms with E-state index >= 15 is 0 Å². The Morgan fingerprint density at radius 3 is 2.95 bits per heavy atom. The average molecular weight is 260 g/mol. The van der Waals surface area contributed by atoms with Crippen LogP contribution < -0.4 is 10.1 Å². The van der Waals surface area contributed by atoms with Gasteiger partial charge in [0.2, 0.25) is 5.88 Å². The lowest BCUT2D eigenvalue weighted by Gasteiger charge is -2.08. The lowest BCUT2D eigenvalue weighted by atomic mass is 10.2. The summed E-state index contributed by atoms with van der Waals surface area (Å²) in [6, 6.07) is 3.93. The van der Waals surface area contributed by atoms with E-state index in [1.807, 2.05) is 25.4 Å². The van der Waals surface area contributed by atoms with Crippen molar-refractivity contribution in [1.29, 1.82) is 0 Å². The molecule has 0 fully saturated rings. The van der Waals surface area contributed by atoms with Gasteiger partial charge in [-0.2, -0.15) is 5.10 Å². The summed E-state index contributed by atoms with van der Waals surface area (Å²) < 4.78 is 7.34. The lowest BCUT2D eigenvalue weighted by Crippen LogP contribution is -2.18. The zero-order valence-corrected chi connectivity index (χ0v) is 11.6. The maximum atomic E-state index is 5.65. The van der Waals surface area contributed by atoms with Gasteiger partial charge in [0.25, 0.3) is 0 Å². The van der Waals surface area contributed by atoms with Gasteiger partial charge >= 0.3 is 0 Å². The molecule has 2 aromatic heterocycles. The minimum Gasteiger partial charge on any atom is -0.436 e. The van der Waals surface area contributed by atoms with Crippen LogP contribution in [0.3, 0.4) is 0 Å². The van der Waals surface area contributed by atoms with Crippen LogP contribution in [0.1, 0.15) is 19.4 Å². The summed E-state index contributed by atoms with van der Waals surface area (Å²) in [5, 5.41) is 7.45. The van der Waals surface area contributed by atoms with E-state index < -0.39 is 0 Å². The molecule has 0 aromatic carbocycles. The first kappa shape index (κ1) is 13.5. The van der Waals surface area contributed by atoms with Crippen LogP contribution in [0.5, 0.6) is 11.6 Å². The second-order valence-corrected chi connectivity index (χ2v) is 4.98. The van der Waals surface area contributed by atoms with E-state index in [9.17, 15) is 0 Å². The molecule has 0 aliphatic rings. The Hall–Kier alpha value is -1.88. The highest BCUT2D eigenvalue weighted by molar-refractivity contribution is 5.25. The lowest BCUT2D eigenvalue weighted by molar-refractivity contribution is 0.460. The molecule has 0 saturated carbocycles. The van der Waals surface area contributed by atoms with Crippen molar-refractivity contribution in [2.45, 2.75) is 20.4 Å². The molecule has 2 aromatic rings. The van der Waals surface area contributed by atoms with Crippen molar-refractivity contribution in [1.82, 2.24) is 20.1 Å². The number of ether oxygens (including phenoxy) is 1. The van der Waals surface area contributed by atoms with E-state index in [4.69, 9.17) is 4.74 Å². The fraction of sp³-hybridized carbons (Fsp3) is 0.429. The second-order valence-electron chi connectivity index (χ2n) is 4.98. The first-order chi connectivity index (χ1) is 9.13. The third-order valence-corrected chi connectivity index (χ3v) is 2.58. The minimum atomic E-state index is 0.594. The maximum absolute atomic E-state index is 5.65. The monoisotopic (exact) mass is 260 g/mol. The van der Waals surface area contributed by atoms with Gasteiger partial charge in [-0.3, -0.25) is 4.68 Å². The first-order valence-corrected chi connectivity index (χ1v) is 6.45. The van der Waals surface area contributed by atoms with Crippen LogP contribution in [0.25, 0.3) is 0 Å². The first-order valence-electron chi connectivity index (χ1n) is 6.45. The van der Waals surface area contributed by atoms with Gasteiger partial charge < -0.3 is 10.1 Å². The molecule has 0 atom stereocenters. The molecule has 102 valence electrons. The summed E-state index contributed by atoms with van der Waals surface area (Å²) >= 11 is 0. The molecule has 2 heterocycles. The predicted molar refractivity (Wildman–Crippen MR) is 74.1 cm³/mol. The molecule has 19 heavy (non-hydrogen) atoms. The number of aromatic nitrogens is 3. The summed E-state index contributed by atoms with van der Waals surface area (Å²) in [6.45, 7) is 6.21. The summed E-state index contributed by atoms with van der Waals surface area (Å²) in [5.74, 6) is 1.94. The highest BCUT2D eigenvalue weighted by atomic mass is 16.5. The van der Waals surface area contributed by atoms with Crippen LogP contribution in [-0.2, 0) is 13.6 Å². The van der Waals surface area contributed by atoms with Crippen molar-refractivity contribution in [3.8, 4) is 11.6 Å². The average Bonchev–Trinajstić information content (AvgIpc) is 2.75. The van der Waals surface area contributed by atoms with Gasteiger partial charge in [-0.15, -0.1) is 0 Å². The van der Waals surface area contributed by atoms with Crippen molar-refractivity contribution in [2.75, 3.05) is 6.54 Å². The smallest absolute Gasteiger partial charge is 0.219 e. The summed E-state index contributed by atoms with van der Waals surface area (Å²) in [4.78, 5) is 4.20. The molecular formula is C14H20N4O. The molecule has 2 rings (SSSR count). The SMILES string of the molecule is CC(C)CNCc1ccnc(Oc2cnn(C)c2)c1. The quantitative estimate of drug-likeness (QED) is 0.866. The normalized spacial score (nSPS) is 10.9. The van der Waals surface area contributed by atoms with Gasteiger partial charge in [0.05, 0.1) is 12.4 Å². The molecule has 0 radical (unpaired) electrons. The third kappa shape index (κ3) is 4.37. The van der Waals surface area contributed by atoms with E-state index in [0.717, 1.165) is 18.7 Å². The molecule has 0 bridgehead atoms. The van der Waals surface area contributed by atoms with Gasteiger partial charge in [0.1, 0.15) is 0 Å². The molecule has 1 N–H and O–H groups in total. The predicted octanol–water partition coefficient (Wildman–Crippen LogP) is 2.35. The largest absolute Gasteiger partial charge is 0.436 e. The maximum Gasteiger partial charge on any atom is 0.219 e. The van der Waals surface area contributed by atoms with E-state index in [-0.39, 0.29) is 0 Å². The molecule has 5 heteroatoms. The van der Waals surface area contributed by atoms with Crippen LogP contribution >= 0.6 is 0 Å². The Bertz CT molecular complexity index is 522. The fourth-order valence-corrected chi connectivity index (χ4v) is 1.69. The van der Waals surface area contributed by atoms with Crippen molar-refractivity contribution >= 4 is 0 Å². The van der Waals surface area contributed by atoms with Crippen LogP contribution in [0, 0.1) is 5.92 Å². The number of hydrogen-bond donors (Lipinski definition) is 1. The Balaban J connectivity index is 1.95. The number of aryl methyl sites for hydroxylation is 1. The van der Waals surface area contributed by atoms with Crippen LogP contribution in [0.4, 0.5) is 0 Å². The van der Waals surface area contributed by atoms with Gasteiger partial charge in [0, 0.05) is 25.9 Å².